The van der Waals surface area contributed by atoms with Crippen LogP contribution < -0.4 is 5.32 Å². The van der Waals surface area contributed by atoms with Crippen molar-refractivity contribution in [1.29, 1.82) is 0 Å². The number of aromatic carboxylic acids is 1. The van der Waals surface area contributed by atoms with Gasteiger partial charge >= 0.3 is 5.97 Å². The third-order valence-corrected chi connectivity index (χ3v) is 12.0. The molecule has 53 heavy (non-hydrogen) atoms. The second-order valence-corrected chi connectivity index (χ2v) is 16.4. The molecular weight excluding hydrogens is 748 g/mol. The highest BCUT2D eigenvalue weighted by atomic mass is 35.5. The number of carbonyl (C=O) groups is 2. The SMILES string of the molecule is C[C@@H]1CN(Cc2ccsc2)[C@@H](C)CN1.C[C@@H]1CN(Cc2ccsc2)[C@@H](C)CN1C(=O)c1cc2cc[nH]c2cc1Cl.O=C(O)c1cc2cc[nH]c2cc1Cl. The Balaban J connectivity index is 0.000000150. The van der Waals surface area contributed by atoms with E-state index in [9.17, 15) is 9.59 Å². The van der Waals surface area contributed by atoms with E-state index in [2.05, 4.69) is 86.4 Å². The van der Waals surface area contributed by atoms with Gasteiger partial charge in [0, 0.05) is 97.6 Å². The fourth-order valence-corrected chi connectivity index (χ4v) is 8.69. The highest BCUT2D eigenvalue weighted by Crippen LogP contribution is 2.28. The maximum atomic E-state index is 13.2. The van der Waals surface area contributed by atoms with Crippen molar-refractivity contribution in [1.82, 2.24) is 30.0 Å². The van der Waals surface area contributed by atoms with Crippen LogP contribution in [-0.2, 0) is 13.1 Å². The molecule has 280 valence electrons. The lowest BCUT2D eigenvalue weighted by Gasteiger charge is -2.44. The Kier molecular flexibility index (Phi) is 13.0. The molecule has 6 aromatic rings. The van der Waals surface area contributed by atoms with Crippen LogP contribution in [0.2, 0.25) is 10.0 Å². The van der Waals surface area contributed by atoms with Gasteiger partial charge in [-0.3, -0.25) is 14.6 Å². The number of carbonyl (C=O) groups excluding carboxylic acids is 1. The molecule has 1 amide bonds. The summed E-state index contributed by atoms with van der Waals surface area (Å²) in [5.74, 6) is -0.985. The van der Waals surface area contributed by atoms with Crippen molar-refractivity contribution in [3.8, 4) is 0 Å². The molecule has 8 rings (SSSR count). The van der Waals surface area contributed by atoms with Gasteiger partial charge in [-0.05, 0) is 109 Å². The monoisotopic (exact) mass is 792 g/mol. The molecule has 0 unspecified atom stereocenters. The lowest BCUT2D eigenvalue weighted by Crippen LogP contribution is -2.57. The number of hydrogen-bond acceptors (Lipinski definition) is 7. The first-order valence-electron chi connectivity index (χ1n) is 17.8. The first-order chi connectivity index (χ1) is 25.5. The largest absolute Gasteiger partial charge is 0.478 e. The Morgan fingerprint density at radius 1 is 0.736 bits per heavy atom. The summed E-state index contributed by atoms with van der Waals surface area (Å²) < 4.78 is 0. The Hall–Kier alpha value is -3.68. The van der Waals surface area contributed by atoms with E-state index in [1.807, 2.05) is 29.3 Å². The topological polar surface area (TPSA) is 108 Å². The molecule has 2 fully saturated rings. The molecule has 0 aliphatic carbocycles. The molecule has 13 heteroatoms. The molecule has 2 aliphatic heterocycles. The van der Waals surface area contributed by atoms with Gasteiger partial charge in [-0.2, -0.15) is 22.7 Å². The predicted octanol–water partition coefficient (Wildman–Crippen LogP) is 9.07. The molecule has 4 aromatic heterocycles. The maximum absolute atomic E-state index is 13.2. The van der Waals surface area contributed by atoms with Crippen molar-refractivity contribution in [3.63, 3.8) is 0 Å². The average Bonchev–Trinajstić information content (AvgIpc) is 3.97. The van der Waals surface area contributed by atoms with E-state index < -0.39 is 5.97 Å². The number of rotatable bonds is 6. The first-order valence-corrected chi connectivity index (χ1v) is 20.4. The van der Waals surface area contributed by atoms with Crippen LogP contribution in [0.25, 0.3) is 21.8 Å². The zero-order valence-corrected chi connectivity index (χ0v) is 33.5. The minimum atomic E-state index is -1.01. The smallest absolute Gasteiger partial charge is 0.337 e. The number of aromatic amines is 2. The molecule has 6 heterocycles. The fraction of sp³-hybridized carbons (Fsp3) is 0.350. The summed E-state index contributed by atoms with van der Waals surface area (Å²) in [6, 6.07) is 16.8. The summed E-state index contributed by atoms with van der Waals surface area (Å²) in [6.07, 6.45) is 3.61. The van der Waals surface area contributed by atoms with Crippen LogP contribution in [0.5, 0.6) is 0 Å². The minimum absolute atomic E-state index is 0.0210. The molecule has 9 nitrogen and oxygen atoms in total. The number of amides is 1. The second-order valence-electron chi connectivity index (χ2n) is 14.0. The van der Waals surface area contributed by atoms with E-state index in [0.717, 1.165) is 54.5 Å². The summed E-state index contributed by atoms with van der Waals surface area (Å²) >= 11 is 15.7. The van der Waals surface area contributed by atoms with Crippen LogP contribution in [-0.4, -0.2) is 92.0 Å². The van der Waals surface area contributed by atoms with E-state index in [0.29, 0.717) is 35.3 Å². The number of nitrogens with zero attached hydrogens (tertiary/aromatic N) is 3. The molecule has 4 N–H and O–H groups in total. The lowest BCUT2D eigenvalue weighted by atomic mass is 10.0. The minimum Gasteiger partial charge on any atom is -0.478 e. The van der Waals surface area contributed by atoms with E-state index >= 15 is 0 Å². The van der Waals surface area contributed by atoms with Gasteiger partial charge in [0.2, 0.25) is 0 Å². The number of carboxylic acid groups (broad SMARTS) is 1. The summed E-state index contributed by atoms with van der Waals surface area (Å²) in [7, 11) is 0. The fourth-order valence-electron chi connectivity index (χ4n) is 6.88. The zero-order valence-electron chi connectivity index (χ0n) is 30.3. The summed E-state index contributed by atoms with van der Waals surface area (Å²) in [6.45, 7) is 14.8. The number of halogens is 2. The molecule has 0 spiro atoms. The number of fused-ring (bicyclic) bond motifs is 2. The van der Waals surface area contributed by atoms with E-state index in [4.69, 9.17) is 28.3 Å². The second kappa shape index (κ2) is 17.6. The maximum Gasteiger partial charge on any atom is 0.337 e. The number of nitrogens with one attached hydrogen (secondary N) is 3. The lowest BCUT2D eigenvalue weighted by molar-refractivity contribution is 0.0291. The van der Waals surface area contributed by atoms with Crippen LogP contribution in [0.15, 0.2) is 82.4 Å². The van der Waals surface area contributed by atoms with Crippen LogP contribution in [0.4, 0.5) is 0 Å². The van der Waals surface area contributed by atoms with Gasteiger partial charge in [0.25, 0.3) is 5.91 Å². The molecule has 2 saturated heterocycles. The third kappa shape index (κ3) is 9.71. The number of hydrogen-bond donors (Lipinski definition) is 4. The Morgan fingerprint density at radius 2 is 1.28 bits per heavy atom. The highest BCUT2D eigenvalue weighted by Gasteiger charge is 2.33. The number of carboxylic acids is 1. The average molecular weight is 794 g/mol. The molecule has 0 radical (unpaired) electrons. The van der Waals surface area contributed by atoms with Crippen molar-refractivity contribution in [2.45, 2.75) is 65.0 Å². The highest BCUT2D eigenvalue weighted by molar-refractivity contribution is 7.08. The van der Waals surface area contributed by atoms with Gasteiger partial charge in [0.05, 0.1) is 21.2 Å². The number of thiophene rings is 2. The molecule has 2 aromatic carbocycles. The van der Waals surface area contributed by atoms with Crippen molar-refractivity contribution in [2.75, 3.05) is 26.2 Å². The Bertz CT molecular complexity index is 2120. The van der Waals surface area contributed by atoms with Gasteiger partial charge in [-0.1, -0.05) is 23.2 Å². The van der Waals surface area contributed by atoms with Crippen molar-refractivity contribution in [3.05, 3.63) is 115 Å². The molecular formula is C40H46Cl2N6O3S2. The molecule has 4 atom stereocenters. The number of H-pyrrole nitrogens is 2. The summed E-state index contributed by atoms with van der Waals surface area (Å²) in [5, 5.41) is 23.6. The Morgan fingerprint density at radius 3 is 1.83 bits per heavy atom. The predicted molar refractivity (Wildman–Crippen MR) is 220 cm³/mol. The first kappa shape index (κ1) is 39.0. The zero-order chi connectivity index (χ0) is 37.6. The van der Waals surface area contributed by atoms with E-state index in [-0.39, 0.29) is 22.5 Å². The number of aromatic nitrogens is 2. The number of piperazine rings is 2. The molecule has 0 saturated carbocycles. The quantitative estimate of drug-likeness (QED) is 0.134. The van der Waals surface area contributed by atoms with Gasteiger partial charge < -0.3 is 25.3 Å². The van der Waals surface area contributed by atoms with Crippen LogP contribution in [0, 0.1) is 0 Å². The number of benzene rings is 2. The van der Waals surface area contributed by atoms with Crippen molar-refractivity contribution >= 4 is 79.6 Å². The van der Waals surface area contributed by atoms with Crippen LogP contribution >= 0.6 is 45.9 Å². The standard InChI is InChI=1S/C20H22ClN3OS.C11H18N2S.C9H6ClNO2/c1-13-10-24(14(2)9-23(13)11-15-4-6-26-12-15)20(25)17-7-16-3-5-22-19(16)8-18(17)21;1-9-6-13(10(2)5-12-9)7-11-3-4-14-8-11;10-7-4-8-5(1-2-11-8)3-6(7)9(12)13/h3-8,12-14,22H,9-11H2,1-2H3;3-4,8-10,12H,5-7H2,1-2H3;1-4,11H,(H,12,13)/t13-,14+;9-,10+;/m01./s1. The third-order valence-electron chi connectivity index (χ3n) is 9.94. The summed E-state index contributed by atoms with van der Waals surface area (Å²) in [5.41, 5.74) is 5.31. The van der Waals surface area contributed by atoms with E-state index in [1.165, 1.54) is 11.1 Å². The van der Waals surface area contributed by atoms with Gasteiger partial charge in [0.15, 0.2) is 0 Å². The van der Waals surface area contributed by atoms with Crippen LogP contribution in [0.3, 0.4) is 0 Å². The molecule has 0 bridgehead atoms. The van der Waals surface area contributed by atoms with Gasteiger partial charge in [-0.25, -0.2) is 4.79 Å². The Labute approximate surface area is 328 Å². The summed E-state index contributed by atoms with van der Waals surface area (Å²) in [4.78, 5) is 36.9. The van der Waals surface area contributed by atoms with E-state index in [1.54, 1.807) is 47.1 Å². The normalized spacial score (nSPS) is 20.8. The van der Waals surface area contributed by atoms with Gasteiger partial charge in [0.1, 0.15) is 0 Å². The van der Waals surface area contributed by atoms with Gasteiger partial charge in [-0.15, -0.1) is 0 Å². The van der Waals surface area contributed by atoms with Crippen molar-refractivity contribution in [2.24, 2.45) is 0 Å². The molecule has 2 aliphatic rings. The van der Waals surface area contributed by atoms with Crippen molar-refractivity contribution < 1.29 is 14.7 Å². The van der Waals surface area contributed by atoms with Crippen LogP contribution in [0.1, 0.15) is 59.5 Å².